The molecule has 4 aromatic rings. The molecule has 0 fully saturated rings. The Balaban J connectivity index is 1.94. The van der Waals surface area contributed by atoms with E-state index in [0.29, 0.717) is 12.0 Å². The third kappa shape index (κ3) is 4.76. The molecule has 0 amide bonds. The number of sulfone groups is 1. The first-order chi connectivity index (χ1) is 17.7. The van der Waals surface area contributed by atoms with Crippen molar-refractivity contribution in [1.82, 2.24) is 9.55 Å². The summed E-state index contributed by atoms with van der Waals surface area (Å²) >= 11 is 0. The number of aliphatic imine (C=N–C) groups is 1. The van der Waals surface area contributed by atoms with Crippen molar-refractivity contribution >= 4 is 39.5 Å². The van der Waals surface area contributed by atoms with Crippen molar-refractivity contribution in [1.29, 1.82) is 0 Å². The van der Waals surface area contributed by atoms with Crippen LogP contribution in [-0.2, 0) is 26.4 Å². The first-order valence-corrected chi connectivity index (χ1v) is 17.0. The number of fused-ring (bicyclic) bond motifs is 2. The van der Waals surface area contributed by atoms with Gasteiger partial charge in [0.2, 0.25) is 0 Å². The summed E-state index contributed by atoms with van der Waals surface area (Å²) in [6.45, 7) is 9.71. The molecule has 0 unspecified atom stereocenters. The summed E-state index contributed by atoms with van der Waals surface area (Å²) in [7, 11) is -5.96. The van der Waals surface area contributed by atoms with Crippen LogP contribution in [-0.4, -0.2) is 49.5 Å². The molecule has 0 saturated heterocycles. The SMILES string of the molecule is Cc1cc(-c2c(C(C)(C)CS(C)(=O)=O)n(-c3ccc(F)cc3)c3cc4c(cc23)CN=C4)cnc1P(C)(C)=O. The highest BCUT2D eigenvalue weighted by atomic mass is 32.2. The number of pyridine rings is 1. The number of aromatic nitrogens is 2. The van der Waals surface area contributed by atoms with Crippen LogP contribution in [0.5, 0.6) is 0 Å². The molecular formula is C29H31FN3O3PS. The predicted octanol–water partition coefficient (Wildman–Crippen LogP) is 5.64. The molecule has 0 bridgehead atoms. The van der Waals surface area contributed by atoms with Gasteiger partial charge in [-0.3, -0.25) is 9.98 Å². The van der Waals surface area contributed by atoms with Crippen LogP contribution in [0.3, 0.4) is 0 Å². The van der Waals surface area contributed by atoms with Gasteiger partial charge in [0.1, 0.15) is 28.2 Å². The largest absolute Gasteiger partial charge is 0.318 e. The van der Waals surface area contributed by atoms with Gasteiger partial charge in [-0.15, -0.1) is 0 Å². The number of nitrogens with zero attached hydrogens (tertiary/aromatic N) is 3. The number of aryl methyl sites for hydroxylation is 1. The fraction of sp³-hybridized carbons (Fsp3) is 0.310. The average Bonchev–Trinajstić information content (AvgIpc) is 3.37. The number of halogens is 1. The van der Waals surface area contributed by atoms with Crippen LogP contribution in [0, 0.1) is 12.7 Å². The van der Waals surface area contributed by atoms with Crippen LogP contribution >= 0.6 is 7.14 Å². The Bertz CT molecular complexity index is 1780. The lowest BCUT2D eigenvalue weighted by molar-refractivity contribution is 0.536. The molecule has 5 rings (SSSR count). The maximum absolute atomic E-state index is 14.0. The van der Waals surface area contributed by atoms with E-state index in [9.17, 15) is 17.4 Å². The summed E-state index contributed by atoms with van der Waals surface area (Å²) in [4.78, 5) is 9.07. The Labute approximate surface area is 222 Å². The summed E-state index contributed by atoms with van der Waals surface area (Å²) in [5.74, 6) is -0.440. The van der Waals surface area contributed by atoms with Gasteiger partial charge in [-0.25, -0.2) is 12.8 Å². The van der Waals surface area contributed by atoms with Crippen molar-refractivity contribution in [3.8, 4) is 16.8 Å². The number of hydrogen-bond donors (Lipinski definition) is 0. The molecule has 0 radical (unpaired) electrons. The van der Waals surface area contributed by atoms with Crippen molar-refractivity contribution < 1.29 is 17.4 Å². The van der Waals surface area contributed by atoms with Gasteiger partial charge in [-0.2, -0.15) is 0 Å². The van der Waals surface area contributed by atoms with E-state index in [2.05, 4.69) is 22.1 Å². The normalized spacial score (nSPS) is 13.9. The summed E-state index contributed by atoms with van der Waals surface area (Å²) in [6.07, 6.45) is 4.82. The molecule has 0 saturated carbocycles. The Morgan fingerprint density at radius 3 is 2.39 bits per heavy atom. The van der Waals surface area contributed by atoms with Crippen molar-refractivity contribution in [2.75, 3.05) is 25.3 Å². The zero-order valence-corrected chi connectivity index (χ0v) is 24.1. The zero-order valence-electron chi connectivity index (χ0n) is 22.4. The maximum Gasteiger partial charge on any atom is 0.148 e. The molecule has 38 heavy (non-hydrogen) atoms. The minimum atomic E-state index is -3.36. The fourth-order valence-electron chi connectivity index (χ4n) is 5.68. The summed E-state index contributed by atoms with van der Waals surface area (Å²) in [5, 5.41) is 0.931. The Kier molecular flexibility index (Phi) is 6.27. The van der Waals surface area contributed by atoms with Crippen LogP contribution < -0.4 is 5.44 Å². The molecule has 0 spiro atoms. The van der Waals surface area contributed by atoms with Gasteiger partial charge in [-0.1, -0.05) is 13.8 Å². The van der Waals surface area contributed by atoms with E-state index in [1.165, 1.54) is 18.4 Å². The van der Waals surface area contributed by atoms with Gasteiger partial charge in [0.25, 0.3) is 0 Å². The van der Waals surface area contributed by atoms with E-state index in [4.69, 9.17) is 0 Å². The highest BCUT2D eigenvalue weighted by Crippen LogP contribution is 2.45. The van der Waals surface area contributed by atoms with Crippen LogP contribution in [0.15, 0.2) is 53.7 Å². The van der Waals surface area contributed by atoms with Gasteiger partial charge < -0.3 is 9.13 Å². The molecule has 3 heterocycles. The molecule has 198 valence electrons. The number of rotatable bonds is 6. The lowest BCUT2D eigenvalue weighted by Crippen LogP contribution is -2.30. The molecule has 1 aliphatic rings. The third-order valence-electron chi connectivity index (χ3n) is 6.92. The van der Waals surface area contributed by atoms with Crippen molar-refractivity contribution in [3.63, 3.8) is 0 Å². The van der Waals surface area contributed by atoms with Crippen molar-refractivity contribution in [2.24, 2.45) is 4.99 Å². The molecule has 0 aliphatic carbocycles. The predicted molar refractivity (Wildman–Crippen MR) is 154 cm³/mol. The summed E-state index contributed by atoms with van der Waals surface area (Å²) in [5.41, 5.74) is 6.69. The molecule has 6 nitrogen and oxygen atoms in total. The second kappa shape index (κ2) is 8.99. The first kappa shape index (κ1) is 26.5. The first-order valence-electron chi connectivity index (χ1n) is 12.3. The van der Waals surface area contributed by atoms with E-state index >= 15 is 0 Å². The van der Waals surface area contributed by atoms with Gasteiger partial charge in [0.15, 0.2) is 0 Å². The van der Waals surface area contributed by atoms with E-state index in [-0.39, 0.29) is 11.6 Å². The van der Waals surface area contributed by atoms with E-state index in [0.717, 1.165) is 50.1 Å². The third-order valence-corrected chi connectivity index (χ3v) is 9.65. The quantitative estimate of drug-likeness (QED) is 0.291. The lowest BCUT2D eigenvalue weighted by Gasteiger charge is -2.28. The Morgan fingerprint density at radius 1 is 1.11 bits per heavy atom. The van der Waals surface area contributed by atoms with Gasteiger partial charge in [-0.05, 0) is 79.4 Å². The highest BCUT2D eigenvalue weighted by molar-refractivity contribution is 7.90. The average molecular weight is 552 g/mol. The second-order valence-electron chi connectivity index (χ2n) is 11.2. The van der Waals surface area contributed by atoms with Crippen molar-refractivity contribution in [3.05, 3.63) is 76.9 Å². The maximum atomic E-state index is 14.0. The molecular weight excluding hydrogens is 520 g/mol. The van der Waals surface area contributed by atoms with E-state index in [1.807, 2.05) is 37.6 Å². The second-order valence-corrected chi connectivity index (χ2v) is 16.5. The van der Waals surface area contributed by atoms with E-state index < -0.39 is 22.4 Å². The molecule has 0 atom stereocenters. The highest BCUT2D eigenvalue weighted by Gasteiger charge is 2.35. The summed E-state index contributed by atoms with van der Waals surface area (Å²) < 4.78 is 54.1. The Hall–Kier alpha value is -3.09. The van der Waals surface area contributed by atoms with Crippen LogP contribution in [0.4, 0.5) is 4.39 Å². The standard InChI is InChI=1S/C29H31FN3O3PS/c1-18-11-21(16-32-28(18)37(4,5)34)26-24-12-19-14-31-15-20(19)13-25(24)33(23-9-7-22(30)8-10-23)27(26)29(2,3)17-38(6,35)36/h7-13,15-16H,14,17H2,1-6H3. The van der Waals surface area contributed by atoms with Crippen LogP contribution in [0.25, 0.3) is 27.7 Å². The van der Waals surface area contributed by atoms with Crippen LogP contribution in [0.1, 0.15) is 36.2 Å². The molecule has 1 aliphatic heterocycles. The summed E-state index contributed by atoms with van der Waals surface area (Å²) in [6, 6.07) is 12.4. The van der Waals surface area contributed by atoms with Gasteiger partial charge in [0, 0.05) is 52.0 Å². The number of benzene rings is 2. The topological polar surface area (TPSA) is 81.4 Å². The van der Waals surface area contributed by atoms with E-state index in [1.54, 1.807) is 31.7 Å². The van der Waals surface area contributed by atoms with Gasteiger partial charge in [0.05, 0.1) is 17.8 Å². The van der Waals surface area contributed by atoms with Gasteiger partial charge >= 0.3 is 0 Å². The van der Waals surface area contributed by atoms with Crippen LogP contribution in [0.2, 0.25) is 0 Å². The molecule has 0 N–H and O–H groups in total. The fourth-order valence-corrected chi connectivity index (χ4v) is 8.37. The number of hydrogen-bond acceptors (Lipinski definition) is 5. The molecule has 9 heteroatoms. The minimum Gasteiger partial charge on any atom is -0.318 e. The molecule has 2 aromatic carbocycles. The smallest absolute Gasteiger partial charge is 0.148 e. The molecule has 2 aromatic heterocycles. The zero-order chi connectivity index (χ0) is 27.6. The van der Waals surface area contributed by atoms with Crippen molar-refractivity contribution in [2.45, 2.75) is 32.7 Å². The Morgan fingerprint density at radius 2 is 1.79 bits per heavy atom. The monoisotopic (exact) mass is 551 g/mol. The minimum absolute atomic E-state index is 0.0880. The lowest BCUT2D eigenvalue weighted by atomic mass is 9.85.